The number of nitrogens with zero attached hydrogens (tertiary/aromatic N) is 1. The quantitative estimate of drug-likeness (QED) is 0.707. The Morgan fingerprint density at radius 3 is 2.43 bits per heavy atom. The fraction of sp³-hybridized carbons (Fsp3) is 0.391. The van der Waals surface area contributed by atoms with Gasteiger partial charge in [0.05, 0.1) is 21.3 Å². The fourth-order valence-corrected chi connectivity index (χ4v) is 4.48. The van der Waals surface area contributed by atoms with Gasteiger partial charge in [-0.25, -0.2) is 0 Å². The van der Waals surface area contributed by atoms with Crippen molar-refractivity contribution in [2.75, 3.05) is 41.5 Å². The standard InChI is InChI=1S/C23H27NO4/c1-6-9-28-20-11-14-7-8-24(2)17-10-15-12-18(25-3)19(26-4)13-16(15)22(21(14)17)23(20)27-5/h6,11-13,17H,1,7-10H2,2-5H3/t17-/m0/s1. The van der Waals surface area contributed by atoms with Gasteiger partial charge in [0.25, 0.3) is 0 Å². The maximum Gasteiger partial charge on any atom is 0.168 e. The zero-order valence-corrected chi connectivity index (χ0v) is 17.0. The van der Waals surface area contributed by atoms with Gasteiger partial charge in [0.15, 0.2) is 23.0 Å². The van der Waals surface area contributed by atoms with Crippen LogP contribution in [0.4, 0.5) is 0 Å². The van der Waals surface area contributed by atoms with Gasteiger partial charge >= 0.3 is 0 Å². The minimum absolute atomic E-state index is 0.312. The summed E-state index contributed by atoms with van der Waals surface area (Å²) >= 11 is 0. The van der Waals surface area contributed by atoms with E-state index in [2.05, 4.69) is 36.7 Å². The lowest BCUT2D eigenvalue weighted by Crippen LogP contribution is -2.35. The molecule has 0 amide bonds. The Balaban J connectivity index is 2.02. The zero-order chi connectivity index (χ0) is 19.8. The highest BCUT2D eigenvalue weighted by Crippen LogP contribution is 2.53. The molecule has 2 aliphatic rings. The molecular formula is C23H27NO4. The van der Waals surface area contributed by atoms with E-state index in [9.17, 15) is 0 Å². The lowest BCUT2D eigenvalue weighted by Gasteiger charge is -2.40. The van der Waals surface area contributed by atoms with Crippen molar-refractivity contribution in [3.8, 4) is 34.1 Å². The molecule has 4 rings (SSSR count). The normalized spacial score (nSPS) is 17.4. The molecule has 1 aliphatic carbocycles. The van der Waals surface area contributed by atoms with Crippen LogP contribution in [0.5, 0.6) is 23.0 Å². The minimum atomic E-state index is 0.312. The number of benzene rings is 2. The Bertz CT molecular complexity index is 922. The molecule has 0 bridgehead atoms. The summed E-state index contributed by atoms with van der Waals surface area (Å²) in [6.07, 6.45) is 3.68. The van der Waals surface area contributed by atoms with Crippen LogP contribution in [0.2, 0.25) is 0 Å². The number of hydrogen-bond acceptors (Lipinski definition) is 5. The fourth-order valence-electron chi connectivity index (χ4n) is 4.48. The van der Waals surface area contributed by atoms with Gasteiger partial charge < -0.3 is 18.9 Å². The van der Waals surface area contributed by atoms with Crippen molar-refractivity contribution in [3.05, 3.63) is 47.5 Å². The Labute approximate surface area is 166 Å². The van der Waals surface area contributed by atoms with Gasteiger partial charge in [-0.15, -0.1) is 0 Å². The number of rotatable bonds is 6. The molecule has 0 N–H and O–H groups in total. The molecule has 0 radical (unpaired) electrons. The number of hydrogen-bond donors (Lipinski definition) is 0. The molecular weight excluding hydrogens is 354 g/mol. The van der Waals surface area contributed by atoms with Gasteiger partial charge in [-0.05, 0) is 60.3 Å². The molecule has 2 aromatic carbocycles. The van der Waals surface area contributed by atoms with E-state index in [1.165, 1.54) is 16.7 Å². The summed E-state index contributed by atoms with van der Waals surface area (Å²) in [6, 6.07) is 6.61. The molecule has 0 aromatic heterocycles. The molecule has 0 spiro atoms. The third-order valence-corrected chi connectivity index (χ3v) is 5.82. The van der Waals surface area contributed by atoms with E-state index in [0.717, 1.165) is 53.5 Å². The van der Waals surface area contributed by atoms with Crippen molar-refractivity contribution in [1.82, 2.24) is 4.90 Å². The van der Waals surface area contributed by atoms with E-state index < -0.39 is 0 Å². The predicted octanol–water partition coefficient (Wildman–Crippen LogP) is 4.03. The Hall–Kier alpha value is -2.66. The van der Waals surface area contributed by atoms with E-state index in [0.29, 0.717) is 12.6 Å². The first-order valence-electron chi connectivity index (χ1n) is 9.55. The summed E-state index contributed by atoms with van der Waals surface area (Å²) in [6.45, 7) is 5.23. The molecule has 0 fully saturated rings. The monoisotopic (exact) mass is 381 g/mol. The third kappa shape index (κ3) is 2.81. The number of ether oxygens (including phenoxy) is 4. The minimum Gasteiger partial charge on any atom is -0.493 e. The van der Waals surface area contributed by atoms with Crippen molar-refractivity contribution in [1.29, 1.82) is 0 Å². The summed E-state index contributed by atoms with van der Waals surface area (Å²) in [5.74, 6) is 3.01. The molecule has 5 nitrogen and oxygen atoms in total. The van der Waals surface area contributed by atoms with Crippen molar-refractivity contribution < 1.29 is 18.9 Å². The second kappa shape index (κ2) is 7.40. The largest absolute Gasteiger partial charge is 0.493 e. The van der Waals surface area contributed by atoms with Crippen LogP contribution in [0.25, 0.3) is 11.1 Å². The van der Waals surface area contributed by atoms with Gasteiger partial charge in [-0.1, -0.05) is 12.7 Å². The van der Waals surface area contributed by atoms with E-state index in [1.807, 2.05) is 0 Å². The first-order valence-corrected chi connectivity index (χ1v) is 9.55. The van der Waals surface area contributed by atoms with Crippen LogP contribution in [0, 0.1) is 0 Å². The highest BCUT2D eigenvalue weighted by atomic mass is 16.5. The van der Waals surface area contributed by atoms with E-state index in [1.54, 1.807) is 27.4 Å². The molecule has 0 saturated heterocycles. The van der Waals surface area contributed by atoms with E-state index >= 15 is 0 Å². The van der Waals surface area contributed by atoms with Crippen LogP contribution in [-0.2, 0) is 12.8 Å². The van der Waals surface area contributed by atoms with Gasteiger partial charge in [-0.2, -0.15) is 0 Å². The molecule has 1 aliphatic heterocycles. The SMILES string of the molecule is C=CCOc1cc2c3c(c1OC)-c1cc(OC)c(OC)cc1C[C@@H]3N(C)CC2. The van der Waals surface area contributed by atoms with Gasteiger partial charge in [-0.3, -0.25) is 4.90 Å². The van der Waals surface area contributed by atoms with Gasteiger partial charge in [0.1, 0.15) is 6.61 Å². The second-order valence-electron chi connectivity index (χ2n) is 7.27. The van der Waals surface area contributed by atoms with Crippen LogP contribution in [0.3, 0.4) is 0 Å². The van der Waals surface area contributed by atoms with Crippen molar-refractivity contribution in [3.63, 3.8) is 0 Å². The topological polar surface area (TPSA) is 40.2 Å². The van der Waals surface area contributed by atoms with Crippen LogP contribution < -0.4 is 18.9 Å². The average Bonchev–Trinajstić information content (AvgIpc) is 2.73. The summed E-state index contributed by atoms with van der Waals surface area (Å²) in [7, 11) is 7.24. The lowest BCUT2D eigenvalue weighted by molar-refractivity contribution is 0.226. The van der Waals surface area contributed by atoms with Crippen molar-refractivity contribution >= 4 is 0 Å². The Morgan fingerprint density at radius 1 is 1.04 bits per heavy atom. The first kappa shape index (κ1) is 18.7. The second-order valence-corrected chi connectivity index (χ2v) is 7.27. The third-order valence-electron chi connectivity index (χ3n) is 5.82. The molecule has 0 unspecified atom stereocenters. The van der Waals surface area contributed by atoms with Crippen LogP contribution in [0.15, 0.2) is 30.9 Å². The summed E-state index contributed by atoms with van der Waals surface area (Å²) in [5, 5.41) is 0. The highest BCUT2D eigenvalue weighted by Gasteiger charge is 2.37. The Kier molecular flexibility index (Phi) is 4.94. The molecule has 1 atom stereocenters. The average molecular weight is 381 g/mol. The number of methoxy groups -OCH3 is 3. The maximum atomic E-state index is 5.98. The molecule has 5 heteroatoms. The van der Waals surface area contributed by atoms with Crippen LogP contribution >= 0.6 is 0 Å². The first-order chi connectivity index (χ1) is 13.6. The summed E-state index contributed by atoms with van der Waals surface area (Å²) in [4.78, 5) is 2.43. The van der Waals surface area contributed by atoms with Crippen molar-refractivity contribution in [2.24, 2.45) is 0 Å². The number of likely N-dealkylation sites (N-methyl/N-ethyl adjacent to an activating group) is 1. The van der Waals surface area contributed by atoms with E-state index in [4.69, 9.17) is 18.9 Å². The van der Waals surface area contributed by atoms with Gasteiger partial charge in [0.2, 0.25) is 0 Å². The zero-order valence-electron chi connectivity index (χ0n) is 17.0. The van der Waals surface area contributed by atoms with Crippen LogP contribution in [-0.4, -0.2) is 46.4 Å². The molecule has 0 saturated carbocycles. The molecule has 2 aromatic rings. The van der Waals surface area contributed by atoms with Crippen LogP contribution in [0.1, 0.15) is 22.7 Å². The van der Waals surface area contributed by atoms with Gasteiger partial charge in [0, 0.05) is 18.2 Å². The lowest BCUT2D eigenvalue weighted by atomic mass is 9.76. The highest BCUT2D eigenvalue weighted by molar-refractivity contribution is 5.85. The summed E-state index contributed by atoms with van der Waals surface area (Å²) < 4.78 is 23.0. The molecule has 28 heavy (non-hydrogen) atoms. The molecule has 148 valence electrons. The smallest absolute Gasteiger partial charge is 0.168 e. The summed E-state index contributed by atoms with van der Waals surface area (Å²) in [5.41, 5.74) is 6.14. The van der Waals surface area contributed by atoms with Crippen molar-refractivity contribution in [2.45, 2.75) is 18.9 Å². The number of fused-ring (bicyclic) bond motifs is 2. The van der Waals surface area contributed by atoms with E-state index in [-0.39, 0.29) is 0 Å². The predicted molar refractivity (Wildman–Crippen MR) is 110 cm³/mol. The molecule has 1 heterocycles. The maximum absolute atomic E-state index is 5.98. The Morgan fingerprint density at radius 2 is 1.75 bits per heavy atom.